The van der Waals surface area contributed by atoms with Crippen molar-refractivity contribution < 1.29 is 23.1 Å². The van der Waals surface area contributed by atoms with Crippen molar-refractivity contribution >= 4 is 44.6 Å². The summed E-state index contributed by atoms with van der Waals surface area (Å²) >= 11 is 2.37. The number of carbonyl (C=O) groups excluding carboxylic acids is 1. The van der Waals surface area contributed by atoms with Crippen LogP contribution in [0.15, 0.2) is 33.9 Å². The van der Waals surface area contributed by atoms with Crippen LogP contribution in [0.1, 0.15) is 27.9 Å². The van der Waals surface area contributed by atoms with Gasteiger partial charge in [-0.1, -0.05) is 13.0 Å². The zero-order valence-corrected chi connectivity index (χ0v) is 15.1. The van der Waals surface area contributed by atoms with E-state index in [4.69, 9.17) is 5.11 Å². The fraction of sp³-hybridized carbons (Fsp3) is 0.286. The topological polar surface area (TPSA) is 113 Å². The molecule has 1 unspecified atom stereocenters. The first-order valence-electron chi connectivity index (χ1n) is 6.98. The molecule has 3 N–H and O–H groups in total. The van der Waals surface area contributed by atoms with Gasteiger partial charge in [0, 0.05) is 11.4 Å². The standard InChI is InChI=1S/C14H16N2O5S3/c1-2-10(14(18)19)16-13(17)12-11(5-7-23-12)24(20,21)15-8-9-4-3-6-22-9/h3-7,10,15H,2,8H2,1H3,(H,16,17)(H,18,19). The Morgan fingerprint density at radius 2 is 2.00 bits per heavy atom. The number of hydrogen-bond acceptors (Lipinski definition) is 6. The van der Waals surface area contributed by atoms with E-state index in [1.165, 1.54) is 22.8 Å². The molecule has 0 bridgehead atoms. The van der Waals surface area contributed by atoms with Crippen LogP contribution in [0.25, 0.3) is 0 Å². The van der Waals surface area contributed by atoms with Gasteiger partial charge in [-0.3, -0.25) is 4.79 Å². The molecule has 0 spiro atoms. The number of carbonyl (C=O) groups is 2. The Labute approximate surface area is 147 Å². The van der Waals surface area contributed by atoms with Crippen molar-refractivity contribution in [2.75, 3.05) is 0 Å². The number of rotatable bonds is 8. The summed E-state index contributed by atoms with van der Waals surface area (Å²) in [5.41, 5.74) is 0. The Hall–Kier alpha value is -1.75. The lowest BCUT2D eigenvalue weighted by molar-refractivity contribution is -0.139. The van der Waals surface area contributed by atoms with Gasteiger partial charge in [0.2, 0.25) is 10.0 Å². The lowest BCUT2D eigenvalue weighted by Crippen LogP contribution is -2.40. The second kappa shape index (κ2) is 7.88. The molecule has 7 nitrogen and oxygen atoms in total. The van der Waals surface area contributed by atoms with E-state index in [1.807, 2.05) is 11.4 Å². The van der Waals surface area contributed by atoms with Crippen molar-refractivity contribution in [3.63, 3.8) is 0 Å². The minimum Gasteiger partial charge on any atom is -0.480 e. The third-order valence-electron chi connectivity index (χ3n) is 3.15. The average Bonchev–Trinajstić information content (AvgIpc) is 3.21. The molecular weight excluding hydrogens is 372 g/mol. The van der Waals surface area contributed by atoms with Crippen LogP contribution < -0.4 is 10.0 Å². The molecule has 10 heteroatoms. The molecule has 1 amide bonds. The van der Waals surface area contributed by atoms with Crippen LogP contribution in [0.3, 0.4) is 0 Å². The van der Waals surface area contributed by atoms with Crippen LogP contribution in [0, 0.1) is 0 Å². The third kappa shape index (κ3) is 4.41. The smallest absolute Gasteiger partial charge is 0.326 e. The van der Waals surface area contributed by atoms with Crippen molar-refractivity contribution in [3.8, 4) is 0 Å². The Morgan fingerprint density at radius 3 is 2.58 bits per heavy atom. The van der Waals surface area contributed by atoms with E-state index in [1.54, 1.807) is 13.0 Å². The first-order valence-corrected chi connectivity index (χ1v) is 10.2. The summed E-state index contributed by atoms with van der Waals surface area (Å²) in [6, 6.07) is 3.88. The highest BCUT2D eigenvalue weighted by Crippen LogP contribution is 2.22. The Bertz CT molecular complexity index is 811. The van der Waals surface area contributed by atoms with Gasteiger partial charge in [0.15, 0.2) is 0 Å². The van der Waals surface area contributed by atoms with Crippen LogP contribution in [0.2, 0.25) is 0 Å². The van der Waals surface area contributed by atoms with Gasteiger partial charge < -0.3 is 10.4 Å². The van der Waals surface area contributed by atoms with Gasteiger partial charge in [-0.15, -0.1) is 22.7 Å². The molecule has 0 radical (unpaired) electrons. The van der Waals surface area contributed by atoms with Gasteiger partial charge in [0.1, 0.15) is 15.8 Å². The molecule has 130 valence electrons. The van der Waals surface area contributed by atoms with Crippen molar-refractivity contribution in [2.45, 2.75) is 30.8 Å². The van der Waals surface area contributed by atoms with Gasteiger partial charge >= 0.3 is 5.97 Å². The Morgan fingerprint density at radius 1 is 1.25 bits per heavy atom. The molecule has 0 aliphatic rings. The van der Waals surface area contributed by atoms with Gasteiger partial charge in [0.25, 0.3) is 5.91 Å². The van der Waals surface area contributed by atoms with Crippen molar-refractivity contribution in [1.29, 1.82) is 0 Å². The van der Waals surface area contributed by atoms with E-state index in [0.717, 1.165) is 16.2 Å². The van der Waals surface area contributed by atoms with Crippen molar-refractivity contribution in [1.82, 2.24) is 10.0 Å². The molecule has 1 atom stereocenters. The summed E-state index contributed by atoms with van der Waals surface area (Å²) in [4.78, 5) is 23.9. The van der Waals surface area contributed by atoms with Gasteiger partial charge in [-0.2, -0.15) is 0 Å². The molecule has 2 aromatic rings. The van der Waals surface area contributed by atoms with Crippen LogP contribution in [-0.4, -0.2) is 31.4 Å². The summed E-state index contributed by atoms with van der Waals surface area (Å²) < 4.78 is 27.3. The summed E-state index contributed by atoms with van der Waals surface area (Å²) in [5, 5.41) is 14.7. The number of amides is 1. The number of hydrogen-bond donors (Lipinski definition) is 3. The van der Waals surface area contributed by atoms with Crippen LogP contribution >= 0.6 is 22.7 Å². The number of sulfonamides is 1. The minimum atomic E-state index is -3.87. The zero-order valence-electron chi connectivity index (χ0n) is 12.7. The molecule has 24 heavy (non-hydrogen) atoms. The maximum absolute atomic E-state index is 12.4. The molecule has 0 fully saturated rings. The summed E-state index contributed by atoms with van der Waals surface area (Å²) in [6.07, 6.45) is 0.200. The first-order chi connectivity index (χ1) is 11.3. The lowest BCUT2D eigenvalue weighted by Gasteiger charge is -2.12. The van der Waals surface area contributed by atoms with Crippen molar-refractivity contribution in [3.05, 3.63) is 38.7 Å². The molecule has 0 aromatic carbocycles. The van der Waals surface area contributed by atoms with E-state index in [9.17, 15) is 18.0 Å². The SMILES string of the molecule is CCC(NC(=O)c1sccc1S(=O)(=O)NCc1cccs1)C(=O)O. The zero-order chi connectivity index (χ0) is 17.7. The van der Waals surface area contributed by atoms with E-state index in [0.29, 0.717) is 0 Å². The van der Waals surface area contributed by atoms with Gasteiger partial charge in [-0.25, -0.2) is 17.9 Å². The highest BCUT2D eigenvalue weighted by atomic mass is 32.2. The Balaban J connectivity index is 2.16. The molecule has 0 aliphatic heterocycles. The number of aliphatic carboxylic acids is 1. The Kier molecular flexibility index (Phi) is 6.10. The maximum Gasteiger partial charge on any atom is 0.326 e. The van der Waals surface area contributed by atoms with Gasteiger partial charge in [0.05, 0.1) is 0 Å². The molecule has 0 saturated carbocycles. The maximum atomic E-state index is 12.4. The second-order valence-corrected chi connectivity index (χ2v) is 8.47. The minimum absolute atomic E-state index is 0.0339. The second-order valence-electron chi connectivity index (χ2n) is 4.79. The predicted molar refractivity (Wildman–Crippen MR) is 91.8 cm³/mol. The highest BCUT2D eigenvalue weighted by molar-refractivity contribution is 7.89. The molecule has 0 saturated heterocycles. The van der Waals surface area contributed by atoms with E-state index in [-0.39, 0.29) is 22.7 Å². The van der Waals surface area contributed by atoms with E-state index >= 15 is 0 Å². The fourth-order valence-corrected chi connectivity index (χ4v) is 4.96. The lowest BCUT2D eigenvalue weighted by atomic mass is 10.2. The molecule has 2 heterocycles. The normalized spacial score (nSPS) is 12.7. The van der Waals surface area contributed by atoms with Crippen LogP contribution in [0.4, 0.5) is 0 Å². The van der Waals surface area contributed by atoms with Crippen LogP contribution in [0.5, 0.6) is 0 Å². The number of nitrogens with one attached hydrogen (secondary N) is 2. The predicted octanol–water partition coefficient (Wildman–Crippen LogP) is 1.88. The van der Waals surface area contributed by atoms with Crippen LogP contribution in [-0.2, 0) is 21.4 Å². The molecule has 2 aromatic heterocycles. The largest absolute Gasteiger partial charge is 0.480 e. The number of carboxylic acids is 1. The number of carboxylic acid groups (broad SMARTS) is 1. The molecule has 0 aliphatic carbocycles. The summed E-state index contributed by atoms with van der Waals surface area (Å²) in [7, 11) is -3.87. The highest BCUT2D eigenvalue weighted by Gasteiger charge is 2.26. The number of thiophene rings is 2. The fourth-order valence-electron chi connectivity index (χ4n) is 1.89. The third-order valence-corrected chi connectivity index (χ3v) is 6.52. The van der Waals surface area contributed by atoms with E-state index in [2.05, 4.69) is 10.0 Å². The first kappa shape index (κ1) is 18.6. The van der Waals surface area contributed by atoms with Gasteiger partial charge in [-0.05, 0) is 29.3 Å². The molecule has 2 rings (SSSR count). The summed E-state index contributed by atoms with van der Waals surface area (Å²) in [6.45, 7) is 1.75. The van der Waals surface area contributed by atoms with E-state index < -0.39 is 27.9 Å². The quantitative estimate of drug-likeness (QED) is 0.639. The van der Waals surface area contributed by atoms with Crippen molar-refractivity contribution in [2.24, 2.45) is 0 Å². The average molecular weight is 388 g/mol. The molecular formula is C14H16N2O5S3. The summed E-state index contributed by atoms with van der Waals surface area (Å²) in [5.74, 6) is -1.88. The monoisotopic (exact) mass is 388 g/mol.